The van der Waals surface area contributed by atoms with E-state index in [2.05, 4.69) is 4.72 Å². The standard InChI is InChI=1S/C14H22FNO3S/c1-4-12(5-6-17)9-16-20(18,19)14-10(2)7-13(15)8-11(14)3/h7-8,12,16-17H,4-6,9H2,1-3H3. The van der Waals surface area contributed by atoms with Crippen LogP contribution in [0.4, 0.5) is 4.39 Å². The number of sulfonamides is 1. The second-order valence-corrected chi connectivity index (χ2v) is 6.71. The Kier molecular flexibility index (Phi) is 6.10. The van der Waals surface area contributed by atoms with Gasteiger partial charge in [-0.15, -0.1) is 0 Å². The zero-order valence-corrected chi connectivity index (χ0v) is 12.9. The van der Waals surface area contributed by atoms with Crippen molar-refractivity contribution in [3.05, 3.63) is 29.1 Å². The smallest absolute Gasteiger partial charge is 0.241 e. The van der Waals surface area contributed by atoms with Crippen molar-refractivity contribution < 1.29 is 17.9 Å². The van der Waals surface area contributed by atoms with Crippen LogP contribution in [0.15, 0.2) is 17.0 Å². The van der Waals surface area contributed by atoms with Crippen molar-refractivity contribution in [3.8, 4) is 0 Å². The molecule has 0 radical (unpaired) electrons. The van der Waals surface area contributed by atoms with Gasteiger partial charge in [0.05, 0.1) is 4.90 Å². The van der Waals surface area contributed by atoms with Crippen LogP contribution in [0.2, 0.25) is 0 Å². The van der Waals surface area contributed by atoms with Crippen molar-refractivity contribution in [1.82, 2.24) is 4.72 Å². The highest BCUT2D eigenvalue weighted by Crippen LogP contribution is 2.21. The zero-order chi connectivity index (χ0) is 15.3. The van der Waals surface area contributed by atoms with E-state index in [0.717, 1.165) is 6.42 Å². The summed E-state index contributed by atoms with van der Waals surface area (Å²) >= 11 is 0. The summed E-state index contributed by atoms with van der Waals surface area (Å²) in [4.78, 5) is 0.137. The van der Waals surface area contributed by atoms with Crippen molar-refractivity contribution in [2.75, 3.05) is 13.2 Å². The van der Waals surface area contributed by atoms with Crippen LogP contribution in [0.1, 0.15) is 30.9 Å². The lowest BCUT2D eigenvalue weighted by molar-refractivity contribution is 0.254. The maximum Gasteiger partial charge on any atom is 0.241 e. The van der Waals surface area contributed by atoms with Crippen LogP contribution in [0.5, 0.6) is 0 Å². The topological polar surface area (TPSA) is 66.4 Å². The number of rotatable bonds is 7. The van der Waals surface area contributed by atoms with Gasteiger partial charge in [0.15, 0.2) is 0 Å². The number of halogens is 1. The minimum absolute atomic E-state index is 0.0365. The van der Waals surface area contributed by atoms with E-state index in [-0.39, 0.29) is 24.0 Å². The Bertz CT molecular complexity index is 535. The molecule has 0 aliphatic carbocycles. The Labute approximate surface area is 120 Å². The fourth-order valence-corrected chi connectivity index (χ4v) is 3.82. The minimum atomic E-state index is -3.66. The van der Waals surface area contributed by atoms with Gasteiger partial charge in [0, 0.05) is 13.2 Å². The van der Waals surface area contributed by atoms with Gasteiger partial charge >= 0.3 is 0 Å². The molecule has 2 N–H and O–H groups in total. The van der Waals surface area contributed by atoms with Crippen LogP contribution in [0, 0.1) is 25.6 Å². The molecule has 1 aromatic rings. The predicted octanol–water partition coefficient (Wildman–Crippen LogP) is 2.13. The van der Waals surface area contributed by atoms with Crippen LogP contribution in [-0.4, -0.2) is 26.7 Å². The summed E-state index contributed by atoms with van der Waals surface area (Å²) in [7, 11) is -3.66. The predicted molar refractivity (Wildman–Crippen MR) is 76.5 cm³/mol. The lowest BCUT2D eigenvalue weighted by Gasteiger charge is -2.16. The van der Waals surface area contributed by atoms with Crippen molar-refractivity contribution in [2.45, 2.75) is 38.5 Å². The van der Waals surface area contributed by atoms with E-state index in [9.17, 15) is 12.8 Å². The summed E-state index contributed by atoms with van der Waals surface area (Å²) in [5.41, 5.74) is 0.787. The molecule has 1 aromatic carbocycles. The Balaban J connectivity index is 2.95. The van der Waals surface area contributed by atoms with Crippen LogP contribution >= 0.6 is 0 Å². The molecular weight excluding hydrogens is 281 g/mol. The molecule has 0 aliphatic heterocycles. The number of nitrogens with one attached hydrogen (secondary N) is 1. The average molecular weight is 303 g/mol. The van der Waals surface area contributed by atoms with Gasteiger partial charge in [-0.3, -0.25) is 0 Å². The molecule has 1 rings (SSSR count). The first-order chi connectivity index (χ1) is 9.31. The molecule has 0 aromatic heterocycles. The summed E-state index contributed by atoms with van der Waals surface area (Å²) in [5.74, 6) is -0.346. The largest absolute Gasteiger partial charge is 0.396 e. The van der Waals surface area contributed by atoms with Gasteiger partial charge in [-0.2, -0.15) is 0 Å². The Morgan fingerprint density at radius 3 is 2.30 bits per heavy atom. The molecule has 4 nitrogen and oxygen atoms in total. The normalized spacial score (nSPS) is 13.4. The van der Waals surface area contributed by atoms with Crippen molar-refractivity contribution in [2.24, 2.45) is 5.92 Å². The van der Waals surface area contributed by atoms with E-state index in [4.69, 9.17) is 5.11 Å². The molecule has 0 saturated heterocycles. The maximum atomic E-state index is 13.2. The third kappa shape index (κ3) is 4.26. The second kappa shape index (κ2) is 7.15. The van der Waals surface area contributed by atoms with Gasteiger partial charge in [-0.25, -0.2) is 17.5 Å². The third-order valence-electron chi connectivity index (χ3n) is 3.37. The SMILES string of the molecule is CCC(CCO)CNS(=O)(=O)c1c(C)cc(F)cc1C. The van der Waals surface area contributed by atoms with Gasteiger partial charge in [0.2, 0.25) is 10.0 Å². The molecule has 0 aliphatic rings. The van der Waals surface area contributed by atoms with E-state index in [1.54, 1.807) is 13.8 Å². The van der Waals surface area contributed by atoms with Crippen LogP contribution in [-0.2, 0) is 10.0 Å². The zero-order valence-electron chi connectivity index (χ0n) is 12.1. The lowest BCUT2D eigenvalue weighted by Crippen LogP contribution is -2.30. The van der Waals surface area contributed by atoms with Gasteiger partial charge in [0.1, 0.15) is 5.82 Å². The molecule has 0 amide bonds. The van der Waals surface area contributed by atoms with Crippen molar-refractivity contribution in [1.29, 1.82) is 0 Å². The summed E-state index contributed by atoms with van der Waals surface area (Å²) in [5, 5.41) is 8.91. The van der Waals surface area contributed by atoms with Gasteiger partial charge < -0.3 is 5.11 Å². The van der Waals surface area contributed by atoms with Crippen molar-refractivity contribution >= 4 is 10.0 Å². The first-order valence-corrected chi connectivity index (χ1v) is 8.17. The molecule has 114 valence electrons. The molecule has 20 heavy (non-hydrogen) atoms. The number of hydrogen-bond donors (Lipinski definition) is 2. The maximum absolute atomic E-state index is 13.2. The molecular formula is C14H22FNO3S. The van der Waals surface area contributed by atoms with Crippen LogP contribution < -0.4 is 4.72 Å². The minimum Gasteiger partial charge on any atom is -0.396 e. The average Bonchev–Trinajstić information content (AvgIpc) is 2.32. The lowest BCUT2D eigenvalue weighted by atomic mass is 10.0. The van der Waals surface area contributed by atoms with Gasteiger partial charge in [0.25, 0.3) is 0 Å². The third-order valence-corrected chi connectivity index (χ3v) is 5.10. The Morgan fingerprint density at radius 2 is 1.85 bits per heavy atom. The number of aryl methyl sites for hydroxylation is 2. The number of aliphatic hydroxyl groups excluding tert-OH is 1. The Morgan fingerprint density at radius 1 is 1.30 bits per heavy atom. The summed E-state index contributed by atoms with van der Waals surface area (Å²) < 4.78 is 40.4. The van der Waals surface area contributed by atoms with E-state index in [1.165, 1.54) is 12.1 Å². The quantitative estimate of drug-likeness (QED) is 0.811. The number of aliphatic hydroxyl groups is 1. The number of hydrogen-bond acceptors (Lipinski definition) is 3. The molecule has 0 heterocycles. The van der Waals surface area contributed by atoms with E-state index in [1.807, 2.05) is 6.92 Å². The first kappa shape index (κ1) is 17.1. The van der Waals surface area contributed by atoms with E-state index in [0.29, 0.717) is 17.5 Å². The van der Waals surface area contributed by atoms with Gasteiger partial charge in [-0.05, 0) is 49.4 Å². The molecule has 6 heteroatoms. The van der Waals surface area contributed by atoms with E-state index >= 15 is 0 Å². The summed E-state index contributed by atoms with van der Waals surface area (Å²) in [6.07, 6.45) is 1.34. The summed E-state index contributed by atoms with van der Waals surface area (Å²) in [6.45, 7) is 5.42. The molecule has 0 spiro atoms. The monoisotopic (exact) mass is 303 g/mol. The van der Waals surface area contributed by atoms with E-state index < -0.39 is 15.8 Å². The highest BCUT2D eigenvalue weighted by Gasteiger charge is 2.21. The Hall–Kier alpha value is -0.980. The molecule has 1 unspecified atom stereocenters. The highest BCUT2D eigenvalue weighted by molar-refractivity contribution is 7.89. The number of benzene rings is 1. The molecule has 0 saturated carbocycles. The van der Waals surface area contributed by atoms with Crippen molar-refractivity contribution in [3.63, 3.8) is 0 Å². The molecule has 0 bridgehead atoms. The summed E-state index contributed by atoms with van der Waals surface area (Å²) in [6, 6.07) is 2.43. The molecule has 0 fully saturated rings. The highest BCUT2D eigenvalue weighted by atomic mass is 32.2. The second-order valence-electron chi connectivity index (χ2n) is 5.01. The fraction of sp³-hybridized carbons (Fsp3) is 0.571. The van der Waals surface area contributed by atoms with Gasteiger partial charge in [-0.1, -0.05) is 13.3 Å². The first-order valence-electron chi connectivity index (χ1n) is 6.69. The van der Waals surface area contributed by atoms with Crippen LogP contribution in [0.25, 0.3) is 0 Å². The molecule has 1 atom stereocenters. The van der Waals surface area contributed by atoms with Crippen LogP contribution in [0.3, 0.4) is 0 Å². The fourth-order valence-electron chi connectivity index (χ4n) is 2.25.